The SMILES string of the molecule is COc1ccc2c(C)nc3c4cc(OC)c(OC)cc4c4ccc(OC)cc4c3c2c1. The van der Waals surface area contributed by atoms with Crippen LogP contribution in [0.1, 0.15) is 5.69 Å². The first-order valence-corrected chi connectivity index (χ1v) is 10.0. The van der Waals surface area contributed by atoms with Gasteiger partial charge in [-0.1, -0.05) is 6.07 Å². The minimum atomic E-state index is 0.675. The van der Waals surface area contributed by atoms with Crippen LogP contribution < -0.4 is 18.9 Å². The van der Waals surface area contributed by atoms with Gasteiger partial charge in [0, 0.05) is 21.9 Å². The summed E-state index contributed by atoms with van der Waals surface area (Å²) in [5.41, 5.74) is 1.87. The van der Waals surface area contributed by atoms with Gasteiger partial charge in [-0.2, -0.15) is 0 Å². The number of hydrogen-bond acceptors (Lipinski definition) is 5. The minimum Gasteiger partial charge on any atom is -0.497 e. The number of pyridine rings is 1. The van der Waals surface area contributed by atoms with Gasteiger partial charge in [-0.3, -0.25) is 4.98 Å². The van der Waals surface area contributed by atoms with Gasteiger partial charge in [0.1, 0.15) is 11.5 Å². The summed E-state index contributed by atoms with van der Waals surface area (Å²) in [7, 11) is 6.67. The van der Waals surface area contributed by atoms with Crippen molar-refractivity contribution in [1.29, 1.82) is 0 Å². The van der Waals surface area contributed by atoms with Crippen LogP contribution in [0, 0.1) is 6.92 Å². The Balaban J connectivity index is 2.12. The second-order valence-electron chi connectivity index (χ2n) is 7.50. The van der Waals surface area contributed by atoms with Crippen LogP contribution in [0.4, 0.5) is 0 Å². The Morgan fingerprint density at radius 3 is 1.68 bits per heavy atom. The summed E-state index contributed by atoms with van der Waals surface area (Å²) < 4.78 is 22.3. The highest BCUT2D eigenvalue weighted by atomic mass is 16.5. The van der Waals surface area contributed by atoms with Crippen LogP contribution in [-0.4, -0.2) is 33.4 Å². The molecule has 0 N–H and O–H groups in total. The Bertz CT molecular complexity index is 1490. The summed E-state index contributed by atoms with van der Waals surface area (Å²) in [6.07, 6.45) is 0. The quantitative estimate of drug-likeness (QED) is 0.336. The lowest BCUT2D eigenvalue weighted by molar-refractivity contribution is 0.356. The highest BCUT2D eigenvalue weighted by molar-refractivity contribution is 6.31. The van der Waals surface area contributed by atoms with Crippen LogP contribution in [0.15, 0.2) is 48.5 Å². The third-order valence-electron chi connectivity index (χ3n) is 5.97. The van der Waals surface area contributed by atoms with E-state index in [0.29, 0.717) is 11.5 Å². The molecule has 0 amide bonds. The summed E-state index contributed by atoms with van der Waals surface area (Å²) in [6.45, 7) is 2.04. The second-order valence-corrected chi connectivity index (χ2v) is 7.50. The largest absolute Gasteiger partial charge is 0.497 e. The summed E-state index contributed by atoms with van der Waals surface area (Å²) >= 11 is 0. The first-order valence-electron chi connectivity index (χ1n) is 10.0. The number of methoxy groups -OCH3 is 4. The van der Waals surface area contributed by atoms with Gasteiger partial charge < -0.3 is 18.9 Å². The van der Waals surface area contributed by atoms with Gasteiger partial charge in [0.05, 0.1) is 34.0 Å². The molecule has 0 spiro atoms. The van der Waals surface area contributed by atoms with Crippen LogP contribution in [0.3, 0.4) is 0 Å². The maximum absolute atomic E-state index is 5.60. The zero-order valence-electron chi connectivity index (χ0n) is 18.2. The normalized spacial score (nSPS) is 11.4. The van der Waals surface area contributed by atoms with E-state index in [1.54, 1.807) is 28.4 Å². The monoisotopic (exact) mass is 413 g/mol. The Kier molecular flexibility index (Phi) is 4.47. The van der Waals surface area contributed by atoms with E-state index < -0.39 is 0 Å². The lowest BCUT2D eigenvalue weighted by Crippen LogP contribution is -1.95. The molecule has 156 valence electrons. The van der Waals surface area contributed by atoms with Crippen molar-refractivity contribution >= 4 is 43.2 Å². The fourth-order valence-electron chi connectivity index (χ4n) is 4.44. The third-order valence-corrected chi connectivity index (χ3v) is 5.97. The van der Waals surface area contributed by atoms with Crippen LogP contribution >= 0.6 is 0 Å². The van der Waals surface area contributed by atoms with Gasteiger partial charge in [0.2, 0.25) is 0 Å². The fraction of sp³-hybridized carbons (Fsp3) is 0.192. The van der Waals surface area contributed by atoms with Crippen LogP contribution in [0.2, 0.25) is 0 Å². The summed E-state index contributed by atoms with van der Waals surface area (Å²) in [6, 6.07) is 16.3. The van der Waals surface area contributed by atoms with Crippen molar-refractivity contribution in [2.24, 2.45) is 0 Å². The number of aromatic nitrogens is 1. The van der Waals surface area contributed by atoms with Gasteiger partial charge in [-0.25, -0.2) is 0 Å². The standard InChI is InChI=1S/C26H23NO4/c1-14-17-8-6-15(28-2)10-20(17)25-21-11-16(29-3)7-9-18(21)19-12-23(30-4)24(31-5)13-22(19)26(25)27-14/h6-13H,1-5H3. The molecular formula is C26H23NO4. The maximum atomic E-state index is 5.60. The van der Waals surface area contributed by atoms with Crippen molar-refractivity contribution < 1.29 is 18.9 Å². The number of benzene rings is 4. The maximum Gasteiger partial charge on any atom is 0.161 e. The Hall–Kier alpha value is -3.73. The van der Waals surface area contributed by atoms with E-state index in [9.17, 15) is 0 Å². The highest BCUT2D eigenvalue weighted by Crippen LogP contribution is 2.44. The molecule has 0 aliphatic rings. The van der Waals surface area contributed by atoms with E-state index in [-0.39, 0.29) is 0 Å². The topological polar surface area (TPSA) is 49.8 Å². The first kappa shape index (κ1) is 19.2. The first-order chi connectivity index (χ1) is 15.1. The van der Waals surface area contributed by atoms with Crippen LogP contribution in [0.25, 0.3) is 43.2 Å². The molecule has 0 unspecified atom stereocenters. The molecule has 5 nitrogen and oxygen atoms in total. The molecule has 0 saturated carbocycles. The molecular weight excluding hydrogens is 390 g/mol. The van der Waals surface area contributed by atoms with E-state index in [4.69, 9.17) is 23.9 Å². The molecule has 1 heterocycles. The third kappa shape index (κ3) is 2.81. The molecule has 0 aliphatic carbocycles. The molecule has 5 heteroatoms. The zero-order valence-corrected chi connectivity index (χ0v) is 18.2. The molecule has 5 rings (SSSR count). The van der Waals surface area contributed by atoms with Gasteiger partial charge in [0.15, 0.2) is 11.5 Å². The molecule has 1 aromatic heterocycles. The predicted octanol–water partition coefficient (Wildman–Crippen LogP) is 6.04. The summed E-state index contributed by atoms with van der Waals surface area (Å²) in [4.78, 5) is 5.05. The molecule has 4 aromatic carbocycles. The van der Waals surface area contributed by atoms with Crippen molar-refractivity contribution in [3.8, 4) is 23.0 Å². The number of nitrogens with zero attached hydrogens (tertiary/aromatic N) is 1. The number of ether oxygens (including phenoxy) is 4. The van der Waals surface area contributed by atoms with E-state index in [0.717, 1.165) is 60.4 Å². The van der Waals surface area contributed by atoms with Crippen molar-refractivity contribution in [3.63, 3.8) is 0 Å². The Labute approximate surface area is 180 Å². The molecule has 0 radical (unpaired) electrons. The van der Waals surface area contributed by atoms with E-state index in [1.165, 1.54) is 0 Å². The molecule has 0 fully saturated rings. The number of aryl methyl sites for hydroxylation is 1. The molecule has 0 aliphatic heterocycles. The van der Waals surface area contributed by atoms with E-state index in [2.05, 4.69) is 24.3 Å². The summed E-state index contributed by atoms with van der Waals surface area (Å²) in [5.74, 6) is 2.97. The van der Waals surface area contributed by atoms with Crippen molar-refractivity contribution in [1.82, 2.24) is 4.98 Å². The summed E-state index contributed by atoms with van der Waals surface area (Å²) in [5, 5.41) is 7.48. The van der Waals surface area contributed by atoms with Gasteiger partial charge in [0.25, 0.3) is 0 Å². The lowest BCUT2D eigenvalue weighted by Gasteiger charge is -2.17. The molecule has 5 aromatic rings. The van der Waals surface area contributed by atoms with Crippen molar-refractivity contribution in [2.75, 3.05) is 28.4 Å². The average molecular weight is 413 g/mol. The van der Waals surface area contributed by atoms with Gasteiger partial charge in [-0.15, -0.1) is 0 Å². The molecule has 0 atom stereocenters. The second kappa shape index (κ2) is 7.20. The molecule has 31 heavy (non-hydrogen) atoms. The predicted molar refractivity (Wildman–Crippen MR) is 125 cm³/mol. The fourth-order valence-corrected chi connectivity index (χ4v) is 4.44. The van der Waals surface area contributed by atoms with Crippen LogP contribution in [0.5, 0.6) is 23.0 Å². The molecule has 0 bridgehead atoms. The smallest absolute Gasteiger partial charge is 0.161 e. The number of rotatable bonds is 4. The minimum absolute atomic E-state index is 0.675. The Morgan fingerprint density at radius 1 is 0.548 bits per heavy atom. The lowest BCUT2D eigenvalue weighted by atomic mass is 9.93. The zero-order chi connectivity index (χ0) is 21.7. The highest BCUT2D eigenvalue weighted by Gasteiger charge is 2.18. The van der Waals surface area contributed by atoms with Crippen molar-refractivity contribution in [2.45, 2.75) is 6.92 Å². The van der Waals surface area contributed by atoms with E-state index >= 15 is 0 Å². The van der Waals surface area contributed by atoms with Crippen LogP contribution in [-0.2, 0) is 0 Å². The van der Waals surface area contributed by atoms with Gasteiger partial charge >= 0.3 is 0 Å². The Morgan fingerprint density at radius 2 is 1.10 bits per heavy atom. The number of hydrogen-bond donors (Lipinski definition) is 0. The average Bonchev–Trinajstić information content (AvgIpc) is 2.82. The van der Waals surface area contributed by atoms with E-state index in [1.807, 2.05) is 31.2 Å². The molecule has 0 saturated heterocycles. The number of fused-ring (bicyclic) bond motifs is 8. The van der Waals surface area contributed by atoms with Crippen molar-refractivity contribution in [3.05, 3.63) is 54.2 Å². The van der Waals surface area contributed by atoms with Gasteiger partial charge in [-0.05, 0) is 70.9 Å².